The van der Waals surface area contributed by atoms with Gasteiger partial charge in [0, 0.05) is 33.2 Å². The molecule has 1 heterocycles. The Balaban J connectivity index is 1.73. The molecule has 1 aromatic rings. The summed E-state index contributed by atoms with van der Waals surface area (Å²) >= 11 is 0. The van der Waals surface area contributed by atoms with E-state index in [1.807, 2.05) is 11.8 Å². The number of methoxy groups -OCH3 is 1. The molecule has 27 heavy (non-hydrogen) atoms. The number of hydrogen-bond acceptors (Lipinski definition) is 4. The standard InChI is InChI=1S/C19H27FN4O3/c1-13-11-24(12-16(13)18(26)27-3)19(21-2)23-9-8-22-17(25)10-14-4-6-15(20)7-5-14/h4-7,13,16H,8-12H2,1-3H3,(H,21,23)(H,22,25). The van der Waals surface area contributed by atoms with Crippen molar-refractivity contribution >= 4 is 17.8 Å². The Hall–Kier alpha value is -2.64. The number of amides is 1. The zero-order valence-corrected chi connectivity index (χ0v) is 16.0. The first kappa shape index (κ1) is 20.7. The fourth-order valence-corrected chi connectivity index (χ4v) is 3.16. The lowest BCUT2D eigenvalue weighted by atomic mass is 9.99. The first-order valence-electron chi connectivity index (χ1n) is 8.99. The van der Waals surface area contributed by atoms with Crippen molar-refractivity contribution in [2.24, 2.45) is 16.8 Å². The van der Waals surface area contributed by atoms with Crippen LogP contribution in [0.15, 0.2) is 29.3 Å². The summed E-state index contributed by atoms with van der Waals surface area (Å²) in [6.07, 6.45) is 0.208. The minimum atomic E-state index is -0.319. The molecule has 7 nitrogen and oxygen atoms in total. The van der Waals surface area contributed by atoms with Gasteiger partial charge in [-0.05, 0) is 23.6 Å². The molecular weight excluding hydrogens is 351 g/mol. The van der Waals surface area contributed by atoms with Gasteiger partial charge in [0.1, 0.15) is 5.82 Å². The number of nitrogens with zero attached hydrogens (tertiary/aromatic N) is 2. The maximum absolute atomic E-state index is 12.9. The Morgan fingerprint density at radius 2 is 1.89 bits per heavy atom. The van der Waals surface area contributed by atoms with Crippen molar-refractivity contribution in [2.45, 2.75) is 13.3 Å². The van der Waals surface area contributed by atoms with Crippen molar-refractivity contribution in [3.8, 4) is 0 Å². The normalized spacial score (nSPS) is 19.7. The fraction of sp³-hybridized carbons (Fsp3) is 0.526. The third-order valence-corrected chi connectivity index (χ3v) is 4.64. The quantitative estimate of drug-likeness (QED) is 0.331. The van der Waals surface area contributed by atoms with Crippen LogP contribution in [-0.4, -0.2) is 63.1 Å². The highest BCUT2D eigenvalue weighted by Gasteiger charge is 2.36. The smallest absolute Gasteiger partial charge is 0.310 e. The molecule has 2 atom stereocenters. The molecule has 0 saturated carbocycles. The van der Waals surface area contributed by atoms with Crippen LogP contribution >= 0.6 is 0 Å². The second-order valence-corrected chi connectivity index (χ2v) is 6.64. The number of carbonyl (C=O) groups is 2. The molecule has 0 aliphatic carbocycles. The van der Waals surface area contributed by atoms with Gasteiger partial charge in [-0.15, -0.1) is 0 Å². The van der Waals surface area contributed by atoms with Crippen LogP contribution < -0.4 is 10.6 Å². The lowest BCUT2D eigenvalue weighted by Gasteiger charge is -2.21. The largest absolute Gasteiger partial charge is 0.469 e. The molecule has 1 aliphatic rings. The maximum Gasteiger partial charge on any atom is 0.310 e. The number of esters is 1. The highest BCUT2D eigenvalue weighted by molar-refractivity contribution is 5.82. The summed E-state index contributed by atoms with van der Waals surface area (Å²) < 4.78 is 17.7. The van der Waals surface area contributed by atoms with E-state index >= 15 is 0 Å². The molecule has 8 heteroatoms. The molecule has 1 fully saturated rings. The van der Waals surface area contributed by atoms with E-state index in [4.69, 9.17) is 4.74 Å². The minimum absolute atomic E-state index is 0.126. The van der Waals surface area contributed by atoms with Gasteiger partial charge >= 0.3 is 5.97 Å². The van der Waals surface area contributed by atoms with Crippen molar-refractivity contribution in [1.29, 1.82) is 0 Å². The number of benzene rings is 1. The van der Waals surface area contributed by atoms with Crippen molar-refractivity contribution in [1.82, 2.24) is 15.5 Å². The zero-order valence-electron chi connectivity index (χ0n) is 16.0. The molecule has 1 aromatic carbocycles. The van der Waals surface area contributed by atoms with Gasteiger partial charge in [-0.1, -0.05) is 19.1 Å². The lowest BCUT2D eigenvalue weighted by Crippen LogP contribution is -2.43. The summed E-state index contributed by atoms with van der Waals surface area (Å²) in [5.41, 5.74) is 0.762. The van der Waals surface area contributed by atoms with Crippen LogP contribution in [0, 0.1) is 17.7 Å². The SMILES string of the molecule is CN=C(NCCNC(=O)Cc1ccc(F)cc1)N1CC(C)C(C(=O)OC)C1. The number of halogens is 1. The van der Waals surface area contributed by atoms with Crippen molar-refractivity contribution in [2.75, 3.05) is 40.3 Å². The van der Waals surface area contributed by atoms with E-state index in [0.29, 0.717) is 25.6 Å². The summed E-state index contributed by atoms with van der Waals surface area (Å²) in [6.45, 7) is 4.24. The van der Waals surface area contributed by atoms with Gasteiger partial charge in [-0.3, -0.25) is 14.6 Å². The van der Waals surface area contributed by atoms with E-state index in [0.717, 1.165) is 12.1 Å². The number of carbonyl (C=O) groups excluding carboxylic acids is 2. The number of likely N-dealkylation sites (tertiary alicyclic amines) is 1. The zero-order chi connectivity index (χ0) is 19.8. The topological polar surface area (TPSA) is 83.0 Å². The van der Waals surface area contributed by atoms with Gasteiger partial charge in [-0.25, -0.2) is 4.39 Å². The summed E-state index contributed by atoms with van der Waals surface area (Å²) in [5.74, 6) is 0.0734. The molecule has 0 spiro atoms. The van der Waals surface area contributed by atoms with Gasteiger partial charge < -0.3 is 20.3 Å². The first-order chi connectivity index (χ1) is 12.9. The average Bonchev–Trinajstić information content (AvgIpc) is 3.04. The fourth-order valence-electron chi connectivity index (χ4n) is 3.16. The number of hydrogen-bond donors (Lipinski definition) is 2. The Morgan fingerprint density at radius 3 is 2.52 bits per heavy atom. The van der Waals surface area contributed by atoms with Crippen molar-refractivity contribution < 1.29 is 18.7 Å². The Kier molecular flexibility index (Phi) is 7.57. The Bertz CT molecular complexity index is 678. The summed E-state index contributed by atoms with van der Waals surface area (Å²) in [5, 5.41) is 6.01. The minimum Gasteiger partial charge on any atom is -0.469 e. The van der Waals surface area contributed by atoms with E-state index < -0.39 is 0 Å². The average molecular weight is 378 g/mol. The van der Waals surface area contributed by atoms with Gasteiger partial charge in [0.05, 0.1) is 19.4 Å². The van der Waals surface area contributed by atoms with E-state index in [1.165, 1.54) is 19.2 Å². The van der Waals surface area contributed by atoms with E-state index in [-0.39, 0.29) is 36.0 Å². The third kappa shape index (κ3) is 5.94. The van der Waals surface area contributed by atoms with Crippen LogP contribution in [0.3, 0.4) is 0 Å². The molecule has 0 radical (unpaired) electrons. The molecule has 1 saturated heterocycles. The molecule has 2 unspecified atom stereocenters. The summed E-state index contributed by atoms with van der Waals surface area (Å²) in [6, 6.07) is 5.88. The van der Waals surface area contributed by atoms with E-state index in [2.05, 4.69) is 15.6 Å². The van der Waals surface area contributed by atoms with Gasteiger partial charge in [0.25, 0.3) is 0 Å². The molecule has 2 N–H and O–H groups in total. The monoisotopic (exact) mass is 378 g/mol. The number of aliphatic imine (C=N–C) groups is 1. The molecule has 1 aliphatic heterocycles. The third-order valence-electron chi connectivity index (χ3n) is 4.64. The number of nitrogens with one attached hydrogen (secondary N) is 2. The molecular formula is C19H27FN4O3. The highest BCUT2D eigenvalue weighted by Crippen LogP contribution is 2.23. The van der Waals surface area contributed by atoms with Gasteiger partial charge in [-0.2, -0.15) is 0 Å². The number of rotatable bonds is 6. The van der Waals surface area contributed by atoms with Gasteiger partial charge in [0.2, 0.25) is 5.91 Å². The number of guanidine groups is 1. The lowest BCUT2D eigenvalue weighted by molar-refractivity contribution is -0.146. The van der Waals surface area contributed by atoms with E-state index in [1.54, 1.807) is 19.2 Å². The van der Waals surface area contributed by atoms with Crippen molar-refractivity contribution in [3.05, 3.63) is 35.6 Å². The Morgan fingerprint density at radius 1 is 1.22 bits per heavy atom. The number of ether oxygens (including phenoxy) is 1. The Labute approximate surface area is 159 Å². The van der Waals surface area contributed by atoms with E-state index in [9.17, 15) is 14.0 Å². The predicted molar refractivity (Wildman–Crippen MR) is 101 cm³/mol. The van der Waals surface area contributed by atoms with Crippen LogP contribution in [-0.2, 0) is 20.7 Å². The second-order valence-electron chi connectivity index (χ2n) is 6.64. The van der Waals surface area contributed by atoms with Crippen LogP contribution in [0.2, 0.25) is 0 Å². The molecule has 0 aromatic heterocycles. The van der Waals surface area contributed by atoms with Gasteiger partial charge in [0.15, 0.2) is 5.96 Å². The predicted octanol–water partition coefficient (Wildman–Crippen LogP) is 0.801. The molecule has 1 amide bonds. The summed E-state index contributed by atoms with van der Waals surface area (Å²) in [7, 11) is 3.09. The maximum atomic E-state index is 12.9. The molecule has 148 valence electrons. The molecule has 2 rings (SSSR count). The van der Waals surface area contributed by atoms with Crippen LogP contribution in [0.5, 0.6) is 0 Å². The van der Waals surface area contributed by atoms with Crippen LogP contribution in [0.4, 0.5) is 4.39 Å². The van der Waals surface area contributed by atoms with Crippen LogP contribution in [0.25, 0.3) is 0 Å². The molecule has 0 bridgehead atoms. The summed E-state index contributed by atoms with van der Waals surface area (Å²) in [4.78, 5) is 30.0. The highest BCUT2D eigenvalue weighted by atomic mass is 19.1. The van der Waals surface area contributed by atoms with Crippen molar-refractivity contribution in [3.63, 3.8) is 0 Å². The van der Waals surface area contributed by atoms with Crippen LogP contribution in [0.1, 0.15) is 12.5 Å². The second kappa shape index (κ2) is 9.89. The first-order valence-corrected chi connectivity index (χ1v) is 8.99.